The molecule has 8 aliphatic rings. The maximum atomic E-state index is 13.0. The summed E-state index contributed by atoms with van der Waals surface area (Å²) in [6.45, 7) is -5.01. The molecular formula is C59H98N4O44. The van der Waals surface area contributed by atoms with E-state index in [9.17, 15) is 147 Å². The lowest BCUT2D eigenvalue weighted by molar-refractivity contribution is -0.397. The van der Waals surface area contributed by atoms with E-state index in [1.54, 1.807) is 0 Å². The van der Waals surface area contributed by atoms with Crippen molar-refractivity contribution >= 4 is 29.6 Å². The molecule has 0 saturated carbocycles. The molecule has 8 rings (SSSR count). The maximum Gasteiger partial charge on any atom is 0.364 e. The minimum Gasteiger partial charge on any atom is -0.477 e. The van der Waals surface area contributed by atoms with Gasteiger partial charge in [0.25, 0.3) is 5.79 Å². The average Bonchev–Trinajstić information content (AvgIpc) is 0.766. The molecule has 0 aromatic heterocycles. The van der Waals surface area contributed by atoms with Crippen molar-refractivity contribution in [3.8, 4) is 0 Å². The standard InChI is InChI=1S/C59H98N4O44/c1-14(70)60-27-18(74)5-59(58(91)92,107-48(27)31(76)19(75)6-64)94-13-26-34(79)40(85)43(88)55(101-26)103-46-23(10-68)99-53(30(38(46)83)63-17(4)73)106-50-41(86)33(78)21(8-66)97-57(50)105-49-35(80)25(12-93-54-42(87)39(84)32(77)20(7-65)96-54)100-56(44(49)89)104-47-24(11-69)98-52(29(37(47)82)62-16(3)72)102-45-22(9-67)95-51(90)28(36(45)81)61-15(2)71/h18-57,64-69,74-90H,5-13H2,1-4H3,(H,60,70)(H,61,71)(H,62,72)(H,63,73)(H,91,92)/t18-,19+,20+,21+,22+,23+,24+,25+,26+,27+,28+,29+,30+,31+,32+,33+,34-,35+,36+,37+,38+,39-,40-,41-,42-,43+,44-,45+,46+,47+,48+,49-,50-,51-,52-,53-,54-,55-,56-,57+,59+/m0/s1. The molecule has 48 heteroatoms. The zero-order chi connectivity index (χ0) is 79.3. The van der Waals surface area contributed by atoms with Crippen LogP contribution in [0.4, 0.5) is 0 Å². The number of carbonyl (C=O) groups excluding carboxylic acids is 4. The summed E-state index contributed by atoms with van der Waals surface area (Å²) in [5.74, 6) is -8.61. The Morgan fingerprint density at radius 3 is 1.23 bits per heavy atom. The third-order valence-electron chi connectivity index (χ3n) is 19.2. The summed E-state index contributed by atoms with van der Waals surface area (Å²) in [7, 11) is 0. The van der Waals surface area contributed by atoms with Crippen LogP contribution in [0.3, 0.4) is 0 Å². The number of aliphatic carboxylic acids is 1. The normalized spacial score (nSPS) is 46.9. The second kappa shape index (κ2) is 38.1. The van der Waals surface area contributed by atoms with Gasteiger partial charge in [0.15, 0.2) is 44.0 Å². The highest BCUT2D eigenvalue weighted by atomic mass is 16.8. The lowest BCUT2D eigenvalue weighted by atomic mass is 9.88. The largest absolute Gasteiger partial charge is 0.477 e. The van der Waals surface area contributed by atoms with Crippen LogP contribution in [-0.2, 0) is 95.0 Å². The lowest BCUT2D eigenvalue weighted by Gasteiger charge is -2.51. The highest BCUT2D eigenvalue weighted by molar-refractivity contribution is 5.77. The van der Waals surface area contributed by atoms with Crippen LogP contribution >= 0.6 is 0 Å². The predicted molar refractivity (Wildman–Crippen MR) is 328 cm³/mol. The Morgan fingerprint density at radius 2 is 0.757 bits per heavy atom. The molecule has 0 aliphatic carbocycles. The number of carboxylic acids is 1. The minimum absolute atomic E-state index is 0.769. The zero-order valence-electron chi connectivity index (χ0n) is 57.4. The number of nitrogens with one attached hydrogen (secondary N) is 4. The second-order valence-corrected chi connectivity index (χ2v) is 26.8. The topological polar surface area (TPSA) is 757 Å². The number of hydrogen-bond donors (Lipinski definition) is 28. The van der Waals surface area contributed by atoms with Crippen molar-refractivity contribution in [3.05, 3.63) is 0 Å². The highest BCUT2D eigenvalue weighted by Gasteiger charge is 2.61. The highest BCUT2D eigenvalue weighted by Crippen LogP contribution is 2.40. The van der Waals surface area contributed by atoms with E-state index in [0.29, 0.717) is 0 Å². The Balaban J connectivity index is 1.06. The Labute approximate surface area is 605 Å². The first-order valence-corrected chi connectivity index (χ1v) is 33.7. The smallest absolute Gasteiger partial charge is 0.364 e. The van der Waals surface area contributed by atoms with Crippen molar-refractivity contribution in [1.82, 2.24) is 21.3 Å². The van der Waals surface area contributed by atoms with Crippen LogP contribution in [0.15, 0.2) is 0 Å². The van der Waals surface area contributed by atoms with Crippen molar-refractivity contribution in [1.29, 1.82) is 0 Å². The SMILES string of the molecule is CC(=O)N[C@@H]1[C@@H](O)[C@H](O[C@@H]2O[C@H](CO)[C@@H](O[C@@H]3O[C@H](CO[C@H]4O[C@H](CO)[C@@H](O)[C@H](O)[C@@H]4O)[C@@H](O)[C@H](O[C@H]4O[C@H](CO)[C@@H](O)[C@H](O)[C@@H]4O[C@@H]4O[C@H](CO)[C@@H](O[C@@H]5O[C@H](CO[C@]6(C(=O)O)C[C@H](O)[C@@H](NC(C)=O)[C@H]([C@H](O)[C@H](O)CO)O6)[C@H](O)[C@H](O)[C@H]5O)[C@H](O)[C@H]4NC(C)=O)[C@@H]3O)[C@H](O)[C@H]2NC(C)=O)[C@@H](CO)O[C@@H]1O. The van der Waals surface area contributed by atoms with Gasteiger partial charge in [0.05, 0.1) is 65.0 Å². The van der Waals surface area contributed by atoms with Gasteiger partial charge in [-0.15, -0.1) is 0 Å². The summed E-state index contributed by atoms with van der Waals surface area (Å²) in [6, 6.07) is -7.18. The first kappa shape index (κ1) is 88.4. The molecule has 0 radical (unpaired) electrons. The molecule has 8 saturated heterocycles. The molecule has 0 bridgehead atoms. The lowest BCUT2D eigenvalue weighted by Crippen LogP contribution is -2.71. The van der Waals surface area contributed by atoms with Gasteiger partial charge in [-0.25, -0.2) is 4.79 Å². The number of carbonyl (C=O) groups is 5. The number of hydrogen-bond acceptors (Lipinski definition) is 43. The molecule has 8 heterocycles. The molecule has 0 aromatic carbocycles. The van der Waals surface area contributed by atoms with Gasteiger partial charge in [-0.1, -0.05) is 0 Å². The Morgan fingerprint density at radius 1 is 0.383 bits per heavy atom. The van der Waals surface area contributed by atoms with Crippen LogP contribution in [0.2, 0.25) is 0 Å². The van der Waals surface area contributed by atoms with E-state index in [-0.39, 0.29) is 0 Å². The van der Waals surface area contributed by atoms with E-state index < -0.39 is 340 Å². The summed E-state index contributed by atoms with van der Waals surface area (Å²) < 4.78 is 87.5. The van der Waals surface area contributed by atoms with E-state index in [4.69, 9.17) is 71.1 Å². The number of ether oxygens (including phenoxy) is 15. The fourth-order valence-electron chi connectivity index (χ4n) is 13.6. The summed E-state index contributed by atoms with van der Waals surface area (Å²) in [5.41, 5.74) is 0. The van der Waals surface area contributed by atoms with Gasteiger partial charge in [0.2, 0.25) is 23.6 Å². The number of carboxylic acid groups (broad SMARTS) is 1. The van der Waals surface area contributed by atoms with Gasteiger partial charge in [0.1, 0.15) is 189 Å². The van der Waals surface area contributed by atoms with E-state index in [1.165, 1.54) is 0 Å². The minimum atomic E-state index is -3.06. The zero-order valence-corrected chi connectivity index (χ0v) is 57.4. The molecule has 48 nitrogen and oxygen atoms in total. The molecule has 0 unspecified atom stereocenters. The molecule has 41 atom stereocenters. The van der Waals surface area contributed by atoms with Crippen LogP contribution < -0.4 is 21.3 Å². The molecular weight excluding hydrogens is 1470 g/mol. The third kappa shape index (κ3) is 19.7. The predicted octanol–water partition coefficient (Wildman–Crippen LogP) is -18.7. The van der Waals surface area contributed by atoms with E-state index in [2.05, 4.69) is 21.3 Å². The molecule has 107 heavy (non-hydrogen) atoms. The van der Waals surface area contributed by atoms with Crippen LogP contribution in [0.25, 0.3) is 0 Å². The number of rotatable bonds is 29. The van der Waals surface area contributed by atoms with Crippen molar-refractivity contribution in [3.63, 3.8) is 0 Å². The van der Waals surface area contributed by atoms with Gasteiger partial charge in [-0.2, -0.15) is 0 Å². The van der Waals surface area contributed by atoms with Crippen LogP contribution in [-0.4, -0.2) is 456 Å². The quantitative estimate of drug-likeness (QED) is 0.0331. The molecule has 8 aliphatic heterocycles. The molecule has 8 fully saturated rings. The fraction of sp³-hybridized carbons (Fsp3) is 0.915. The van der Waals surface area contributed by atoms with Crippen molar-refractivity contribution in [2.45, 2.75) is 285 Å². The van der Waals surface area contributed by atoms with Crippen LogP contribution in [0.5, 0.6) is 0 Å². The number of aliphatic hydroxyl groups is 23. The Kier molecular flexibility index (Phi) is 31.5. The monoisotopic (exact) mass is 1570 g/mol. The van der Waals surface area contributed by atoms with Gasteiger partial charge >= 0.3 is 5.97 Å². The van der Waals surface area contributed by atoms with Gasteiger partial charge in [-0.3, -0.25) is 19.2 Å². The van der Waals surface area contributed by atoms with Crippen molar-refractivity contribution in [2.24, 2.45) is 0 Å². The summed E-state index contributed by atoms with van der Waals surface area (Å²) in [4.78, 5) is 62.9. The van der Waals surface area contributed by atoms with Gasteiger partial charge in [-0.05, 0) is 0 Å². The first-order valence-electron chi connectivity index (χ1n) is 33.7. The van der Waals surface area contributed by atoms with E-state index in [0.717, 1.165) is 27.7 Å². The van der Waals surface area contributed by atoms with Gasteiger partial charge in [0, 0.05) is 34.1 Å². The van der Waals surface area contributed by atoms with Crippen LogP contribution in [0.1, 0.15) is 34.1 Å². The van der Waals surface area contributed by atoms with E-state index >= 15 is 0 Å². The summed E-state index contributed by atoms with van der Waals surface area (Å²) in [6.07, 6.45) is -77.0. The molecule has 28 N–H and O–H groups in total. The number of aliphatic hydroxyl groups excluding tert-OH is 23. The fourth-order valence-corrected chi connectivity index (χ4v) is 13.6. The van der Waals surface area contributed by atoms with Crippen LogP contribution in [0, 0.1) is 0 Å². The van der Waals surface area contributed by atoms with E-state index in [1.807, 2.05) is 0 Å². The summed E-state index contributed by atoms with van der Waals surface area (Å²) in [5, 5.41) is 273. The molecule has 618 valence electrons. The van der Waals surface area contributed by atoms with Crippen molar-refractivity contribution in [2.75, 3.05) is 52.9 Å². The van der Waals surface area contributed by atoms with Gasteiger partial charge < -0.3 is 215 Å². The first-order chi connectivity index (χ1) is 50.4. The Bertz CT molecular complexity index is 2870. The second-order valence-electron chi connectivity index (χ2n) is 26.8. The Hall–Kier alpha value is -4.17. The summed E-state index contributed by atoms with van der Waals surface area (Å²) >= 11 is 0. The number of amides is 4. The molecule has 0 aromatic rings. The molecule has 4 amide bonds. The third-order valence-corrected chi connectivity index (χ3v) is 19.2. The average molecular weight is 1570 g/mol. The molecule has 0 spiro atoms. The maximum absolute atomic E-state index is 13.0. The van der Waals surface area contributed by atoms with Crippen molar-refractivity contribution < 1.29 is 218 Å².